The van der Waals surface area contributed by atoms with Gasteiger partial charge in [-0.2, -0.15) is 5.11 Å². The molecule has 51 heavy (non-hydrogen) atoms. The average molecular weight is 683 g/mol. The molecule has 1 fully saturated rings. The molecule has 2 aliphatic rings. The van der Waals surface area contributed by atoms with Crippen LogP contribution in [0.2, 0.25) is 0 Å². The van der Waals surface area contributed by atoms with Gasteiger partial charge in [-0.1, -0.05) is 48.5 Å². The zero-order valence-electron chi connectivity index (χ0n) is 29.2. The van der Waals surface area contributed by atoms with Crippen molar-refractivity contribution in [2.24, 2.45) is 20.5 Å². The minimum absolute atomic E-state index is 0.0130. The van der Waals surface area contributed by atoms with E-state index in [4.69, 9.17) is 15.0 Å². The number of rotatable bonds is 10. The first-order chi connectivity index (χ1) is 24.7. The lowest BCUT2D eigenvalue weighted by molar-refractivity contribution is -0.146. The molecule has 0 unspecified atom stereocenters. The number of hydrogen-bond donors (Lipinski definition) is 2. The van der Waals surface area contributed by atoms with Gasteiger partial charge in [-0.15, -0.1) is 15.3 Å². The molecule has 0 atom stereocenters. The molecular weight excluding hydrogens is 640 g/mol. The Morgan fingerprint density at radius 2 is 1.27 bits per heavy atom. The molecule has 0 radical (unpaired) electrons. The number of azo groups is 2. The van der Waals surface area contributed by atoms with E-state index in [1.807, 2.05) is 84.7 Å². The second-order valence-electron chi connectivity index (χ2n) is 13.6. The highest BCUT2D eigenvalue weighted by Gasteiger charge is 2.25. The number of fused-ring (bicyclic) bond motifs is 1. The van der Waals surface area contributed by atoms with E-state index in [9.17, 15) is 9.59 Å². The Hall–Kier alpha value is -5.68. The molecule has 0 saturated carbocycles. The molecule has 0 spiro atoms. The summed E-state index contributed by atoms with van der Waals surface area (Å²) >= 11 is 0. The Morgan fingerprint density at radius 1 is 0.686 bits per heavy atom. The number of nitrogens with one attached hydrogen (secondary N) is 2. The van der Waals surface area contributed by atoms with Crippen molar-refractivity contribution in [1.29, 1.82) is 0 Å². The molecule has 7 rings (SSSR count). The third-order valence-electron chi connectivity index (χ3n) is 9.32. The summed E-state index contributed by atoms with van der Waals surface area (Å²) in [6.45, 7) is 7.62. The third kappa shape index (κ3) is 7.89. The second kappa shape index (κ2) is 14.7. The van der Waals surface area contributed by atoms with Crippen LogP contribution < -0.4 is 10.6 Å². The number of carbonyl (C=O) groups is 2. The van der Waals surface area contributed by atoms with Gasteiger partial charge in [0.2, 0.25) is 5.91 Å². The van der Waals surface area contributed by atoms with E-state index in [1.165, 1.54) is 0 Å². The largest absolute Gasteiger partial charge is 0.465 e. The fraction of sp³-hybridized carbons (Fsp3) is 0.300. The molecule has 11 heteroatoms. The smallest absolute Gasteiger partial charge is 0.306 e. The van der Waals surface area contributed by atoms with Gasteiger partial charge in [0.05, 0.1) is 35.8 Å². The van der Waals surface area contributed by atoms with E-state index in [2.05, 4.69) is 57.8 Å². The van der Waals surface area contributed by atoms with Crippen LogP contribution in [0.3, 0.4) is 0 Å². The number of amides is 1. The Kier molecular flexibility index (Phi) is 9.72. The second-order valence-corrected chi connectivity index (χ2v) is 13.6. The van der Waals surface area contributed by atoms with Crippen LogP contribution in [0.25, 0.3) is 21.5 Å². The first-order valence-electron chi connectivity index (χ1n) is 17.4. The number of ether oxygens (including phenoxy) is 1. The van der Waals surface area contributed by atoms with E-state index in [0.717, 1.165) is 68.6 Å². The normalized spacial score (nSPS) is 15.7. The van der Waals surface area contributed by atoms with Gasteiger partial charge in [0.25, 0.3) is 0 Å². The lowest BCUT2D eigenvalue weighted by Crippen LogP contribution is -2.47. The van der Waals surface area contributed by atoms with E-state index < -0.39 is 0 Å². The summed E-state index contributed by atoms with van der Waals surface area (Å²) in [5.74, 6) is -0.336. The summed E-state index contributed by atoms with van der Waals surface area (Å²) in [5, 5.41) is 29.6. The number of benzene rings is 5. The summed E-state index contributed by atoms with van der Waals surface area (Å²) in [6.07, 6.45) is 0.860. The highest BCUT2D eigenvalue weighted by Crippen LogP contribution is 2.42. The molecule has 1 amide bonds. The lowest BCUT2D eigenvalue weighted by atomic mass is 10.00. The first kappa shape index (κ1) is 33.8. The molecular formula is C40H42N8O3. The molecule has 0 bridgehead atoms. The van der Waals surface area contributed by atoms with Gasteiger partial charge >= 0.3 is 5.97 Å². The van der Waals surface area contributed by atoms with Gasteiger partial charge in [-0.05, 0) is 68.9 Å². The van der Waals surface area contributed by atoms with Crippen LogP contribution >= 0.6 is 0 Å². The standard InChI is InChI=1S/C40H42N8O3/c1-40(2)41-35-10-6-9-31-34(17-18-36(42-40)39(31)35)46-45-33-16-15-32(29-7-4-5-8-30(29)33)44-43-28-13-11-27(12-14-28)21-26-51-38(50)20-19-37(49)48-24-22-47(3)23-25-48/h4-18,41-42H,19-26H2,1-3H3/b44-43+,46-45+. The van der Waals surface area contributed by atoms with Crippen LogP contribution in [0.5, 0.6) is 0 Å². The molecule has 2 aliphatic heterocycles. The van der Waals surface area contributed by atoms with E-state index in [-0.39, 0.29) is 37.0 Å². The van der Waals surface area contributed by atoms with Gasteiger partial charge in [0.15, 0.2) is 0 Å². The number of esters is 1. The number of anilines is 2. The summed E-state index contributed by atoms with van der Waals surface area (Å²) < 4.78 is 5.39. The van der Waals surface area contributed by atoms with Crippen LogP contribution in [0.1, 0.15) is 32.3 Å². The van der Waals surface area contributed by atoms with Crippen LogP contribution in [-0.2, 0) is 20.7 Å². The van der Waals surface area contributed by atoms with E-state index in [0.29, 0.717) is 25.2 Å². The average Bonchev–Trinajstić information content (AvgIpc) is 3.13. The van der Waals surface area contributed by atoms with Gasteiger partial charge in [0.1, 0.15) is 5.66 Å². The maximum Gasteiger partial charge on any atom is 0.306 e. The van der Waals surface area contributed by atoms with Crippen molar-refractivity contribution in [3.63, 3.8) is 0 Å². The summed E-state index contributed by atoms with van der Waals surface area (Å²) in [6, 6.07) is 29.8. The number of nitrogens with zero attached hydrogens (tertiary/aromatic N) is 6. The number of hydrogen-bond acceptors (Lipinski definition) is 10. The minimum Gasteiger partial charge on any atom is -0.465 e. The molecule has 2 heterocycles. The molecule has 260 valence electrons. The highest BCUT2D eigenvalue weighted by molar-refractivity contribution is 6.09. The Labute approximate surface area is 297 Å². The van der Waals surface area contributed by atoms with Gasteiger partial charge < -0.3 is 25.2 Å². The van der Waals surface area contributed by atoms with Crippen molar-refractivity contribution >= 4 is 67.5 Å². The van der Waals surface area contributed by atoms with Crippen molar-refractivity contribution in [2.75, 3.05) is 50.5 Å². The Morgan fingerprint density at radius 3 is 1.96 bits per heavy atom. The predicted octanol–water partition coefficient (Wildman–Crippen LogP) is 9.04. The molecule has 0 aromatic heterocycles. The summed E-state index contributed by atoms with van der Waals surface area (Å²) in [7, 11) is 2.04. The van der Waals surface area contributed by atoms with Crippen molar-refractivity contribution < 1.29 is 14.3 Å². The Bertz CT molecular complexity index is 2120. The Balaban J connectivity index is 0.966. The predicted molar refractivity (Wildman–Crippen MR) is 202 cm³/mol. The molecule has 11 nitrogen and oxygen atoms in total. The zero-order valence-corrected chi connectivity index (χ0v) is 29.2. The summed E-state index contributed by atoms with van der Waals surface area (Å²) in [5.41, 5.74) is 5.88. The highest BCUT2D eigenvalue weighted by atomic mass is 16.5. The number of likely N-dealkylation sites (N-methyl/N-ethyl adjacent to an activating group) is 1. The molecule has 1 saturated heterocycles. The van der Waals surface area contributed by atoms with Crippen molar-refractivity contribution in [1.82, 2.24) is 9.80 Å². The fourth-order valence-electron chi connectivity index (χ4n) is 6.56. The molecule has 5 aromatic rings. The lowest BCUT2D eigenvalue weighted by Gasteiger charge is -2.36. The maximum atomic E-state index is 12.4. The van der Waals surface area contributed by atoms with Gasteiger partial charge in [0, 0.05) is 71.9 Å². The van der Waals surface area contributed by atoms with Crippen molar-refractivity contribution in [3.8, 4) is 0 Å². The van der Waals surface area contributed by atoms with Gasteiger partial charge in [-0.25, -0.2) is 0 Å². The first-order valence-corrected chi connectivity index (χ1v) is 17.4. The number of piperazine rings is 1. The monoisotopic (exact) mass is 682 g/mol. The topological polar surface area (TPSA) is 123 Å². The van der Waals surface area contributed by atoms with Crippen molar-refractivity contribution in [2.45, 2.75) is 38.8 Å². The fourth-order valence-corrected chi connectivity index (χ4v) is 6.56. The van der Waals surface area contributed by atoms with Crippen LogP contribution in [-0.4, -0.2) is 67.2 Å². The SMILES string of the molecule is CN1CCN(C(=O)CCC(=O)OCCc2ccc(/N=N/c3ccc(/N=N/c4ccc5c6c(cccc46)NC(C)(C)N5)c4ccccc34)cc2)CC1. The van der Waals surface area contributed by atoms with Gasteiger partial charge in [-0.3, -0.25) is 9.59 Å². The zero-order chi connectivity index (χ0) is 35.4. The van der Waals surface area contributed by atoms with Crippen LogP contribution in [0.15, 0.2) is 111 Å². The van der Waals surface area contributed by atoms with Crippen LogP contribution in [0.4, 0.5) is 34.1 Å². The quantitative estimate of drug-likeness (QED) is 0.112. The minimum atomic E-state index is -0.349. The molecule has 2 N–H and O–H groups in total. The third-order valence-corrected chi connectivity index (χ3v) is 9.32. The van der Waals surface area contributed by atoms with E-state index >= 15 is 0 Å². The van der Waals surface area contributed by atoms with Crippen LogP contribution in [0, 0.1) is 0 Å². The molecule has 5 aromatic carbocycles. The summed E-state index contributed by atoms with van der Waals surface area (Å²) in [4.78, 5) is 28.6. The van der Waals surface area contributed by atoms with Crippen molar-refractivity contribution in [3.05, 3.63) is 96.6 Å². The number of carbonyl (C=O) groups excluding carboxylic acids is 2. The maximum absolute atomic E-state index is 12.4. The van der Waals surface area contributed by atoms with E-state index in [1.54, 1.807) is 0 Å². The molecule has 0 aliphatic carbocycles.